The van der Waals surface area contributed by atoms with E-state index in [9.17, 15) is 0 Å². The molecule has 0 aliphatic heterocycles. The minimum Gasteiger partial charge on any atom is -0.238 e. The Morgan fingerprint density at radius 2 is 2.00 bits per heavy atom. The van der Waals surface area contributed by atoms with E-state index in [4.69, 9.17) is 0 Å². The van der Waals surface area contributed by atoms with E-state index in [1.807, 2.05) is 6.07 Å². The lowest BCUT2D eigenvalue weighted by molar-refractivity contribution is 0.881. The maximum atomic E-state index is 3.95. The molecule has 0 spiro atoms. The molecule has 3 rings (SSSR count). The van der Waals surface area contributed by atoms with Crippen LogP contribution in [0.2, 0.25) is 0 Å². The van der Waals surface area contributed by atoms with Crippen LogP contribution in [0.4, 0.5) is 0 Å². The number of hydrogen-bond acceptors (Lipinski definition) is 4. The van der Waals surface area contributed by atoms with Gasteiger partial charge >= 0.3 is 0 Å². The molecule has 1 N–H and O–H groups in total. The molecule has 17 heavy (non-hydrogen) atoms. The molecule has 0 fully saturated rings. The van der Waals surface area contributed by atoms with Gasteiger partial charge in [0.2, 0.25) is 0 Å². The molecule has 0 saturated heterocycles. The van der Waals surface area contributed by atoms with Crippen molar-refractivity contribution in [3.63, 3.8) is 0 Å². The van der Waals surface area contributed by atoms with Crippen LogP contribution in [0.1, 0.15) is 11.1 Å². The van der Waals surface area contributed by atoms with Gasteiger partial charge in [-0.1, -0.05) is 30.3 Å². The van der Waals surface area contributed by atoms with Gasteiger partial charge in [-0.15, -0.1) is 16.4 Å². The van der Waals surface area contributed by atoms with Gasteiger partial charge in [0.05, 0.1) is 4.88 Å². The lowest BCUT2D eigenvalue weighted by Crippen LogP contribution is -1.89. The normalized spacial score (nSPS) is 10.6. The molecule has 2 heterocycles. The molecular formula is C12H10N4S. The third-order valence-electron chi connectivity index (χ3n) is 2.54. The summed E-state index contributed by atoms with van der Waals surface area (Å²) in [7, 11) is 0. The standard InChI is InChI=1S/C12H10N4S/c1-2-4-9(5-3-1)8-10-6-7-17-11(10)12-13-15-16-14-12/h1-7H,8H2,(H,13,14,15,16). The number of hydrogen-bond donors (Lipinski definition) is 1. The second-order valence-electron chi connectivity index (χ2n) is 3.69. The van der Waals surface area contributed by atoms with Crippen LogP contribution in [0.15, 0.2) is 41.8 Å². The average Bonchev–Trinajstić information content (AvgIpc) is 3.00. The third kappa shape index (κ3) is 2.09. The van der Waals surface area contributed by atoms with Crippen molar-refractivity contribution in [3.8, 4) is 10.7 Å². The Morgan fingerprint density at radius 3 is 2.76 bits per heavy atom. The highest BCUT2D eigenvalue weighted by Gasteiger charge is 2.10. The first kappa shape index (κ1) is 10.2. The van der Waals surface area contributed by atoms with E-state index < -0.39 is 0 Å². The zero-order chi connectivity index (χ0) is 11.5. The highest BCUT2D eigenvalue weighted by molar-refractivity contribution is 7.13. The summed E-state index contributed by atoms with van der Waals surface area (Å²) in [6, 6.07) is 12.5. The van der Waals surface area contributed by atoms with Crippen molar-refractivity contribution in [2.75, 3.05) is 0 Å². The Morgan fingerprint density at radius 1 is 1.12 bits per heavy atom. The number of H-pyrrole nitrogens is 1. The van der Waals surface area contributed by atoms with Crippen LogP contribution < -0.4 is 0 Å². The lowest BCUT2D eigenvalue weighted by Gasteiger charge is -2.01. The van der Waals surface area contributed by atoms with Crippen LogP contribution in [0.5, 0.6) is 0 Å². The molecule has 0 aliphatic carbocycles. The number of thiophene rings is 1. The summed E-state index contributed by atoms with van der Waals surface area (Å²) in [6.45, 7) is 0. The van der Waals surface area contributed by atoms with E-state index in [0.29, 0.717) is 0 Å². The summed E-state index contributed by atoms with van der Waals surface area (Å²) in [4.78, 5) is 1.11. The molecule has 5 heteroatoms. The highest BCUT2D eigenvalue weighted by atomic mass is 32.1. The van der Waals surface area contributed by atoms with Crippen LogP contribution in [0, 0.1) is 0 Å². The number of nitrogens with one attached hydrogen (secondary N) is 1. The molecule has 0 bridgehead atoms. The average molecular weight is 242 g/mol. The number of aromatic nitrogens is 4. The van der Waals surface area contributed by atoms with Crippen molar-refractivity contribution >= 4 is 11.3 Å². The van der Waals surface area contributed by atoms with Crippen molar-refractivity contribution < 1.29 is 0 Å². The van der Waals surface area contributed by atoms with Crippen molar-refractivity contribution in [2.24, 2.45) is 0 Å². The first-order chi connectivity index (χ1) is 8.43. The maximum Gasteiger partial charge on any atom is 0.189 e. The summed E-state index contributed by atoms with van der Waals surface area (Å²) in [5.41, 5.74) is 2.54. The number of tetrazole rings is 1. The fourth-order valence-corrected chi connectivity index (χ4v) is 2.61. The van der Waals surface area contributed by atoms with Crippen molar-refractivity contribution in [3.05, 3.63) is 52.9 Å². The molecule has 2 aromatic heterocycles. The summed E-state index contributed by atoms with van der Waals surface area (Å²) in [5, 5.41) is 16.0. The second-order valence-corrected chi connectivity index (χ2v) is 4.60. The topological polar surface area (TPSA) is 54.5 Å². The van der Waals surface area contributed by atoms with E-state index in [1.54, 1.807) is 11.3 Å². The number of benzene rings is 1. The molecule has 0 radical (unpaired) electrons. The van der Waals surface area contributed by atoms with E-state index in [1.165, 1.54) is 11.1 Å². The van der Waals surface area contributed by atoms with Gasteiger partial charge in [0.15, 0.2) is 5.82 Å². The maximum absolute atomic E-state index is 3.95. The fourth-order valence-electron chi connectivity index (χ4n) is 1.75. The Kier molecular flexibility index (Phi) is 2.67. The zero-order valence-electron chi connectivity index (χ0n) is 9.00. The summed E-state index contributed by atoms with van der Waals surface area (Å²) in [5.74, 6) is 0.742. The molecule has 0 saturated carbocycles. The van der Waals surface area contributed by atoms with Crippen molar-refractivity contribution in [1.82, 2.24) is 20.6 Å². The quantitative estimate of drug-likeness (QED) is 0.767. The molecule has 0 amide bonds. The van der Waals surface area contributed by atoms with E-state index in [0.717, 1.165) is 17.1 Å². The van der Waals surface area contributed by atoms with Crippen LogP contribution in [-0.4, -0.2) is 20.6 Å². The van der Waals surface area contributed by atoms with Gasteiger partial charge in [-0.3, -0.25) is 0 Å². The molecule has 1 aromatic carbocycles. The summed E-state index contributed by atoms with van der Waals surface area (Å²) >= 11 is 1.65. The predicted molar refractivity (Wildman–Crippen MR) is 66.7 cm³/mol. The van der Waals surface area contributed by atoms with Gasteiger partial charge in [-0.25, -0.2) is 5.10 Å². The summed E-state index contributed by atoms with van der Waals surface area (Å²) in [6.07, 6.45) is 0.903. The Bertz CT molecular complexity index is 586. The lowest BCUT2D eigenvalue weighted by atomic mass is 10.1. The Hall–Kier alpha value is -2.01. The van der Waals surface area contributed by atoms with Gasteiger partial charge in [-0.2, -0.15) is 0 Å². The predicted octanol–water partition coefficient (Wildman–Crippen LogP) is 2.52. The molecular weight excluding hydrogens is 232 g/mol. The first-order valence-electron chi connectivity index (χ1n) is 5.28. The van der Waals surface area contributed by atoms with E-state index in [2.05, 4.69) is 56.3 Å². The van der Waals surface area contributed by atoms with Gasteiger partial charge in [-0.05, 0) is 39.4 Å². The van der Waals surface area contributed by atoms with Crippen molar-refractivity contribution in [1.29, 1.82) is 0 Å². The zero-order valence-corrected chi connectivity index (χ0v) is 9.81. The monoisotopic (exact) mass is 242 g/mol. The van der Waals surface area contributed by atoms with Gasteiger partial charge < -0.3 is 0 Å². The van der Waals surface area contributed by atoms with Crippen LogP contribution in [0.3, 0.4) is 0 Å². The molecule has 3 aromatic rings. The van der Waals surface area contributed by atoms with Crippen LogP contribution >= 0.6 is 11.3 Å². The van der Waals surface area contributed by atoms with E-state index >= 15 is 0 Å². The summed E-state index contributed by atoms with van der Waals surface area (Å²) < 4.78 is 0. The fraction of sp³-hybridized carbons (Fsp3) is 0.0833. The Balaban J connectivity index is 1.92. The van der Waals surface area contributed by atoms with Gasteiger partial charge in [0.25, 0.3) is 0 Å². The molecule has 4 nitrogen and oxygen atoms in total. The minimum absolute atomic E-state index is 0.742. The van der Waals surface area contributed by atoms with Gasteiger partial charge in [0, 0.05) is 0 Å². The van der Waals surface area contributed by atoms with Crippen LogP contribution in [0.25, 0.3) is 10.7 Å². The molecule has 0 atom stereocenters. The SMILES string of the molecule is c1ccc(Cc2ccsc2-c2nnn[nH]2)cc1. The highest BCUT2D eigenvalue weighted by Crippen LogP contribution is 2.27. The largest absolute Gasteiger partial charge is 0.238 e. The number of rotatable bonds is 3. The van der Waals surface area contributed by atoms with Crippen molar-refractivity contribution in [2.45, 2.75) is 6.42 Å². The van der Waals surface area contributed by atoms with E-state index in [-0.39, 0.29) is 0 Å². The molecule has 0 unspecified atom stereocenters. The smallest absolute Gasteiger partial charge is 0.189 e. The number of nitrogens with zero attached hydrogens (tertiary/aromatic N) is 3. The van der Waals surface area contributed by atoms with Gasteiger partial charge in [0.1, 0.15) is 0 Å². The second kappa shape index (κ2) is 4.47. The number of aromatic amines is 1. The Labute approximate surface area is 102 Å². The molecule has 0 aliphatic rings. The third-order valence-corrected chi connectivity index (χ3v) is 3.51. The minimum atomic E-state index is 0.742. The van der Waals surface area contributed by atoms with Crippen LogP contribution in [-0.2, 0) is 6.42 Å². The first-order valence-corrected chi connectivity index (χ1v) is 6.16. The molecule has 84 valence electrons.